The molecular weight excluding hydrogens is 216 g/mol. The van der Waals surface area contributed by atoms with E-state index in [0.29, 0.717) is 11.5 Å². The van der Waals surface area contributed by atoms with Crippen LogP contribution in [0.4, 0.5) is 5.82 Å². The first-order valence-corrected chi connectivity index (χ1v) is 5.10. The quantitative estimate of drug-likeness (QED) is 0.669. The van der Waals surface area contributed by atoms with Crippen LogP contribution < -0.4 is 5.73 Å². The molecule has 0 spiro atoms. The maximum absolute atomic E-state index is 5.76. The Morgan fingerprint density at radius 3 is 2.94 bits per heavy atom. The van der Waals surface area contributed by atoms with Gasteiger partial charge in [-0.1, -0.05) is 6.07 Å². The second kappa shape index (κ2) is 3.51. The Morgan fingerprint density at radius 1 is 1.24 bits per heavy atom. The Labute approximate surface area is 97.1 Å². The van der Waals surface area contributed by atoms with E-state index in [1.165, 1.54) is 6.33 Å². The fourth-order valence-corrected chi connectivity index (χ4v) is 1.77. The molecule has 84 valence electrons. The maximum atomic E-state index is 5.76. The minimum atomic E-state index is 0.371. The number of nitrogen functional groups attached to an aromatic ring is 1. The predicted octanol–water partition coefficient (Wildman–Crippen LogP) is 1.01. The van der Waals surface area contributed by atoms with Crippen molar-refractivity contribution in [3.63, 3.8) is 0 Å². The molecule has 0 fully saturated rings. The van der Waals surface area contributed by atoms with Crippen molar-refractivity contribution in [2.75, 3.05) is 5.73 Å². The van der Waals surface area contributed by atoms with Crippen LogP contribution in [0.25, 0.3) is 22.3 Å². The van der Waals surface area contributed by atoms with Crippen LogP contribution >= 0.6 is 0 Å². The Bertz CT molecular complexity index is 687. The highest BCUT2D eigenvalue weighted by atomic mass is 15.2. The third-order valence-corrected chi connectivity index (χ3v) is 2.65. The number of hydrogen-bond donors (Lipinski definition) is 1. The van der Waals surface area contributed by atoms with Crippen molar-refractivity contribution >= 4 is 16.9 Å². The number of fused-ring (bicyclic) bond motifs is 1. The summed E-state index contributed by atoms with van der Waals surface area (Å²) in [7, 11) is 1.95. The molecule has 0 saturated heterocycles. The second-order valence-corrected chi connectivity index (χ2v) is 3.75. The van der Waals surface area contributed by atoms with Gasteiger partial charge in [-0.2, -0.15) is 0 Å². The van der Waals surface area contributed by atoms with Crippen molar-refractivity contribution in [3.05, 3.63) is 30.9 Å². The lowest BCUT2D eigenvalue weighted by atomic mass is 10.1. The molecule has 3 aromatic rings. The average Bonchev–Trinajstić information content (AvgIpc) is 2.71. The summed E-state index contributed by atoms with van der Waals surface area (Å²) in [5, 5.41) is 7.73. The third-order valence-electron chi connectivity index (χ3n) is 2.65. The van der Waals surface area contributed by atoms with Crippen LogP contribution in [0.5, 0.6) is 0 Å². The zero-order valence-corrected chi connectivity index (χ0v) is 9.20. The fraction of sp³-hybridized carbons (Fsp3) is 0.0909. The lowest BCUT2D eigenvalue weighted by Crippen LogP contribution is -1.98. The van der Waals surface area contributed by atoms with Gasteiger partial charge in [0.2, 0.25) is 0 Å². The first-order chi connectivity index (χ1) is 8.25. The third kappa shape index (κ3) is 1.50. The van der Waals surface area contributed by atoms with Crippen LogP contribution in [0.15, 0.2) is 30.9 Å². The summed E-state index contributed by atoms with van der Waals surface area (Å²) in [6.07, 6.45) is 3.10. The zero-order valence-electron chi connectivity index (χ0n) is 9.20. The number of aryl methyl sites for hydroxylation is 1. The van der Waals surface area contributed by atoms with Gasteiger partial charge in [0.1, 0.15) is 12.0 Å². The van der Waals surface area contributed by atoms with E-state index in [1.807, 2.05) is 29.8 Å². The summed E-state index contributed by atoms with van der Waals surface area (Å²) >= 11 is 0. The summed E-state index contributed by atoms with van der Waals surface area (Å²) in [4.78, 5) is 8.21. The number of nitrogens with two attached hydrogens (primary N) is 1. The van der Waals surface area contributed by atoms with Crippen LogP contribution in [0.3, 0.4) is 0 Å². The number of rotatable bonds is 1. The number of imidazole rings is 1. The number of hydrogen-bond acceptors (Lipinski definition) is 5. The molecule has 0 saturated carbocycles. The van der Waals surface area contributed by atoms with Gasteiger partial charge >= 0.3 is 0 Å². The van der Waals surface area contributed by atoms with Crippen LogP contribution in [-0.2, 0) is 7.05 Å². The van der Waals surface area contributed by atoms with Gasteiger partial charge in [0, 0.05) is 12.6 Å². The Kier molecular flexibility index (Phi) is 2.01. The Hall–Kier alpha value is -2.50. The fourth-order valence-electron chi connectivity index (χ4n) is 1.77. The SMILES string of the molecule is Cn1cnc2cc(-c3nncnc3N)ccc21. The molecule has 0 atom stereocenters. The molecule has 0 unspecified atom stereocenters. The highest BCUT2D eigenvalue weighted by Gasteiger charge is 2.08. The van der Waals surface area contributed by atoms with Crippen molar-refractivity contribution in [3.8, 4) is 11.3 Å². The predicted molar refractivity (Wildman–Crippen MR) is 63.9 cm³/mol. The van der Waals surface area contributed by atoms with Crippen molar-refractivity contribution in [1.29, 1.82) is 0 Å². The highest BCUT2D eigenvalue weighted by Crippen LogP contribution is 2.24. The summed E-state index contributed by atoms with van der Waals surface area (Å²) in [5.41, 5.74) is 9.17. The molecule has 1 aromatic carbocycles. The number of benzene rings is 1. The van der Waals surface area contributed by atoms with E-state index in [4.69, 9.17) is 5.73 Å². The highest BCUT2D eigenvalue weighted by molar-refractivity contribution is 5.83. The number of anilines is 1. The number of nitrogens with zero attached hydrogens (tertiary/aromatic N) is 5. The molecule has 0 aliphatic rings. The van der Waals surface area contributed by atoms with E-state index in [9.17, 15) is 0 Å². The van der Waals surface area contributed by atoms with Gasteiger partial charge in [-0.25, -0.2) is 9.97 Å². The lowest BCUT2D eigenvalue weighted by Gasteiger charge is -2.02. The molecule has 0 aliphatic heterocycles. The van der Waals surface area contributed by atoms with Gasteiger partial charge in [0.25, 0.3) is 0 Å². The molecular formula is C11H10N6. The number of aromatic nitrogens is 5. The standard InChI is InChI=1S/C11H10N6/c1-17-6-14-8-4-7(2-3-9(8)17)10-11(12)13-5-15-16-10/h2-6H,1H3,(H2,12,13,15). The molecule has 0 amide bonds. The summed E-state index contributed by atoms with van der Waals surface area (Å²) in [6.45, 7) is 0. The van der Waals surface area contributed by atoms with Gasteiger partial charge in [-0.3, -0.25) is 0 Å². The van der Waals surface area contributed by atoms with E-state index in [1.54, 1.807) is 6.33 Å². The minimum Gasteiger partial charge on any atom is -0.382 e. The minimum absolute atomic E-state index is 0.371. The van der Waals surface area contributed by atoms with Gasteiger partial charge in [0.05, 0.1) is 17.4 Å². The van der Waals surface area contributed by atoms with Crippen LogP contribution in [0.2, 0.25) is 0 Å². The maximum Gasteiger partial charge on any atom is 0.153 e. The van der Waals surface area contributed by atoms with E-state index in [2.05, 4.69) is 20.2 Å². The molecule has 2 aromatic heterocycles. The van der Waals surface area contributed by atoms with Crippen LogP contribution in [0.1, 0.15) is 0 Å². The van der Waals surface area contributed by atoms with Crippen molar-refractivity contribution in [1.82, 2.24) is 24.7 Å². The van der Waals surface area contributed by atoms with Crippen molar-refractivity contribution in [2.24, 2.45) is 7.05 Å². The van der Waals surface area contributed by atoms with E-state index in [0.717, 1.165) is 16.6 Å². The molecule has 0 aliphatic carbocycles. The van der Waals surface area contributed by atoms with Gasteiger partial charge < -0.3 is 10.3 Å². The first kappa shape index (κ1) is 9.71. The normalized spacial score (nSPS) is 10.9. The van der Waals surface area contributed by atoms with Crippen molar-refractivity contribution in [2.45, 2.75) is 0 Å². The molecule has 6 nitrogen and oxygen atoms in total. The largest absolute Gasteiger partial charge is 0.382 e. The molecule has 17 heavy (non-hydrogen) atoms. The van der Waals surface area contributed by atoms with Gasteiger partial charge in [-0.15, -0.1) is 10.2 Å². The smallest absolute Gasteiger partial charge is 0.153 e. The van der Waals surface area contributed by atoms with Crippen molar-refractivity contribution < 1.29 is 0 Å². The Balaban J connectivity index is 2.22. The molecule has 6 heteroatoms. The molecule has 0 radical (unpaired) electrons. The van der Waals surface area contributed by atoms with E-state index < -0.39 is 0 Å². The molecule has 0 bridgehead atoms. The average molecular weight is 226 g/mol. The zero-order chi connectivity index (χ0) is 11.8. The summed E-state index contributed by atoms with van der Waals surface area (Å²) < 4.78 is 1.96. The van der Waals surface area contributed by atoms with Crippen LogP contribution in [0, 0.1) is 0 Å². The lowest BCUT2D eigenvalue weighted by molar-refractivity contribution is 0.947. The van der Waals surface area contributed by atoms with Gasteiger partial charge in [-0.05, 0) is 12.1 Å². The van der Waals surface area contributed by atoms with E-state index in [-0.39, 0.29) is 0 Å². The molecule has 3 rings (SSSR count). The van der Waals surface area contributed by atoms with Gasteiger partial charge in [0.15, 0.2) is 5.82 Å². The summed E-state index contributed by atoms with van der Waals surface area (Å²) in [5.74, 6) is 0.371. The first-order valence-electron chi connectivity index (χ1n) is 5.10. The topological polar surface area (TPSA) is 82.5 Å². The Morgan fingerprint density at radius 2 is 2.12 bits per heavy atom. The van der Waals surface area contributed by atoms with E-state index >= 15 is 0 Å². The summed E-state index contributed by atoms with van der Waals surface area (Å²) in [6, 6.07) is 5.84. The molecule has 2 N–H and O–H groups in total. The monoisotopic (exact) mass is 226 g/mol. The van der Waals surface area contributed by atoms with Crippen LogP contribution in [-0.4, -0.2) is 24.7 Å². The molecule has 2 heterocycles. The second-order valence-electron chi connectivity index (χ2n) is 3.75.